The van der Waals surface area contributed by atoms with Gasteiger partial charge in [-0.3, -0.25) is 0 Å². The molecule has 3 rings (SSSR count). The zero-order chi connectivity index (χ0) is 11.8. The zero-order valence-electron chi connectivity index (χ0n) is 9.40. The molecule has 2 aromatic rings. The molecular weight excluding hydrogens is 220 g/mol. The van der Waals surface area contributed by atoms with Crippen LogP contribution in [0, 0.1) is 6.92 Å². The van der Waals surface area contributed by atoms with Gasteiger partial charge in [0.05, 0.1) is 0 Å². The highest BCUT2D eigenvalue weighted by molar-refractivity contribution is 5.73. The second-order valence-electron chi connectivity index (χ2n) is 3.95. The van der Waals surface area contributed by atoms with Crippen LogP contribution in [0.2, 0.25) is 0 Å². The van der Waals surface area contributed by atoms with Gasteiger partial charge in [-0.15, -0.1) is 0 Å². The molecule has 0 radical (unpaired) electrons. The number of nitrogens with zero attached hydrogens (tertiary/aromatic N) is 1. The van der Waals surface area contributed by atoms with Crippen molar-refractivity contribution < 1.29 is 14.0 Å². The Bertz CT molecular complexity index is 563. The van der Waals surface area contributed by atoms with Crippen molar-refractivity contribution in [1.29, 1.82) is 0 Å². The molecule has 0 spiro atoms. The Morgan fingerprint density at radius 2 is 2.00 bits per heavy atom. The maximum Gasteiger partial charge on any atom is 0.222 e. The van der Waals surface area contributed by atoms with Gasteiger partial charge < -0.3 is 19.7 Å². The Morgan fingerprint density at radius 3 is 2.76 bits per heavy atom. The number of ether oxygens (including phenoxy) is 2. The van der Waals surface area contributed by atoms with Crippen LogP contribution in [0.25, 0.3) is 11.3 Å². The Hall–Kier alpha value is -2.17. The average Bonchev–Trinajstić information content (AvgIpc) is 2.74. The topological polar surface area (TPSA) is 70.5 Å². The van der Waals surface area contributed by atoms with Crippen molar-refractivity contribution in [2.45, 2.75) is 6.92 Å². The third kappa shape index (κ3) is 1.69. The fourth-order valence-corrected chi connectivity index (χ4v) is 1.90. The summed E-state index contributed by atoms with van der Waals surface area (Å²) >= 11 is 0. The molecule has 0 unspecified atom stereocenters. The first-order valence-electron chi connectivity index (χ1n) is 5.37. The Balaban J connectivity index is 2.18. The number of hydrogen-bond donors (Lipinski definition) is 1. The predicted octanol–water partition coefficient (Wildman–Crippen LogP) is 2.00. The van der Waals surface area contributed by atoms with Gasteiger partial charge in [0.25, 0.3) is 0 Å². The van der Waals surface area contributed by atoms with Crippen molar-refractivity contribution in [3.8, 4) is 22.8 Å². The van der Waals surface area contributed by atoms with Crippen LogP contribution in [-0.4, -0.2) is 18.4 Å². The lowest BCUT2D eigenvalue weighted by Crippen LogP contribution is -2.16. The van der Waals surface area contributed by atoms with E-state index in [2.05, 4.69) is 5.16 Å². The van der Waals surface area contributed by atoms with Crippen LogP contribution in [0.1, 0.15) is 5.56 Å². The molecule has 0 saturated heterocycles. The lowest BCUT2D eigenvalue weighted by molar-refractivity contribution is 0.172. The molecule has 0 amide bonds. The summed E-state index contributed by atoms with van der Waals surface area (Å²) in [6.07, 6.45) is 0. The summed E-state index contributed by atoms with van der Waals surface area (Å²) in [7, 11) is 0. The van der Waals surface area contributed by atoms with E-state index in [-0.39, 0.29) is 5.88 Å². The van der Waals surface area contributed by atoms with Gasteiger partial charge in [-0.2, -0.15) is 0 Å². The van der Waals surface area contributed by atoms with Crippen molar-refractivity contribution in [3.05, 3.63) is 23.8 Å². The highest BCUT2D eigenvalue weighted by Crippen LogP contribution is 2.40. The quantitative estimate of drug-likeness (QED) is 0.814. The van der Waals surface area contributed by atoms with Crippen LogP contribution in [0.3, 0.4) is 0 Å². The van der Waals surface area contributed by atoms with E-state index in [9.17, 15) is 0 Å². The second-order valence-corrected chi connectivity index (χ2v) is 3.95. The number of hydrogen-bond acceptors (Lipinski definition) is 5. The summed E-state index contributed by atoms with van der Waals surface area (Å²) < 4.78 is 16.1. The number of nitrogen functional groups attached to an aromatic ring is 1. The molecule has 0 bridgehead atoms. The molecule has 5 heteroatoms. The van der Waals surface area contributed by atoms with E-state index < -0.39 is 0 Å². The van der Waals surface area contributed by atoms with Crippen LogP contribution < -0.4 is 15.2 Å². The van der Waals surface area contributed by atoms with Gasteiger partial charge in [0.1, 0.15) is 18.9 Å². The average molecular weight is 232 g/mol. The van der Waals surface area contributed by atoms with Gasteiger partial charge >= 0.3 is 0 Å². The van der Waals surface area contributed by atoms with Crippen LogP contribution in [0.15, 0.2) is 22.7 Å². The molecule has 5 nitrogen and oxygen atoms in total. The molecule has 2 heterocycles. The summed E-state index contributed by atoms with van der Waals surface area (Å²) in [6, 6.07) is 5.60. The first-order chi connectivity index (χ1) is 8.24. The third-order valence-electron chi connectivity index (χ3n) is 2.59. The van der Waals surface area contributed by atoms with E-state index in [1.807, 2.05) is 19.1 Å². The number of benzene rings is 1. The van der Waals surface area contributed by atoms with Gasteiger partial charge in [0.15, 0.2) is 11.5 Å². The smallest absolute Gasteiger partial charge is 0.222 e. The molecule has 1 aromatic carbocycles. The Labute approximate surface area is 98.1 Å². The maximum atomic E-state index is 5.63. The van der Waals surface area contributed by atoms with E-state index in [0.29, 0.717) is 24.7 Å². The first kappa shape index (κ1) is 10.0. The number of aromatic nitrogens is 1. The van der Waals surface area contributed by atoms with Crippen LogP contribution in [0.4, 0.5) is 5.88 Å². The van der Waals surface area contributed by atoms with E-state index in [1.54, 1.807) is 6.07 Å². The molecule has 1 aromatic heterocycles. The molecule has 1 aliphatic rings. The highest BCUT2D eigenvalue weighted by atomic mass is 16.6. The number of rotatable bonds is 1. The summed E-state index contributed by atoms with van der Waals surface area (Å²) in [6.45, 7) is 3.10. The number of fused-ring (bicyclic) bond motifs is 1. The van der Waals surface area contributed by atoms with Crippen molar-refractivity contribution in [1.82, 2.24) is 5.16 Å². The van der Waals surface area contributed by atoms with Gasteiger partial charge in [-0.1, -0.05) is 5.16 Å². The summed E-state index contributed by atoms with van der Waals surface area (Å²) in [5.74, 6) is 1.73. The van der Waals surface area contributed by atoms with Gasteiger partial charge in [-0.25, -0.2) is 0 Å². The lowest BCUT2D eigenvalue weighted by Gasteiger charge is -2.21. The fraction of sp³-hybridized carbons (Fsp3) is 0.250. The minimum absolute atomic E-state index is 0.284. The van der Waals surface area contributed by atoms with Gasteiger partial charge in [0, 0.05) is 11.6 Å². The van der Waals surface area contributed by atoms with Gasteiger partial charge in [0.2, 0.25) is 5.88 Å². The van der Waals surface area contributed by atoms with Crippen molar-refractivity contribution in [3.63, 3.8) is 0 Å². The molecule has 0 aliphatic carbocycles. The van der Waals surface area contributed by atoms with E-state index in [1.165, 1.54) is 0 Å². The van der Waals surface area contributed by atoms with Crippen LogP contribution in [0.5, 0.6) is 11.5 Å². The predicted molar refractivity (Wildman–Crippen MR) is 62.1 cm³/mol. The summed E-state index contributed by atoms with van der Waals surface area (Å²) in [4.78, 5) is 0. The fourth-order valence-electron chi connectivity index (χ4n) is 1.90. The van der Waals surface area contributed by atoms with E-state index in [4.69, 9.17) is 19.7 Å². The number of nitrogens with two attached hydrogens (primary N) is 1. The Morgan fingerprint density at radius 1 is 1.18 bits per heavy atom. The molecule has 2 N–H and O–H groups in total. The van der Waals surface area contributed by atoms with Crippen molar-refractivity contribution in [2.75, 3.05) is 18.9 Å². The summed E-state index contributed by atoms with van der Waals surface area (Å²) in [5, 5.41) is 3.90. The van der Waals surface area contributed by atoms with Crippen LogP contribution >= 0.6 is 0 Å². The zero-order valence-corrected chi connectivity index (χ0v) is 9.40. The maximum absolute atomic E-state index is 5.63. The standard InChI is InChI=1S/C12H12N2O3/c1-7-4-8(9-6-11(13)17-14-9)12-10(5-7)15-2-3-16-12/h4-6H,2-3,13H2,1H3. The first-order valence-corrected chi connectivity index (χ1v) is 5.37. The Kier molecular flexibility index (Phi) is 2.18. The molecule has 0 saturated carbocycles. The van der Waals surface area contributed by atoms with E-state index in [0.717, 1.165) is 16.9 Å². The second kappa shape index (κ2) is 3.69. The number of aryl methyl sites for hydroxylation is 1. The van der Waals surface area contributed by atoms with Crippen LogP contribution in [-0.2, 0) is 0 Å². The minimum Gasteiger partial charge on any atom is -0.486 e. The van der Waals surface area contributed by atoms with Crippen molar-refractivity contribution in [2.24, 2.45) is 0 Å². The SMILES string of the molecule is Cc1cc2c(c(-c3cc(N)on3)c1)OCCO2. The molecular formula is C12H12N2O3. The number of anilines is 1. The molecule has 88 valence electrons. The largest absolute Gasteiger partial charge is 0.486 e. The van der Waals surface area contributed by atoms with Gasteiger partial charge in [-0.05, 0) is 24.6 Å². The lowest BCUT2D eigenvalue weighted by atomic mass is 10.1. The monoisotopic (exact) mass is 232 g/mol. The third-order valence-corrected chi connectivity index (χ3v) is 2.59. The molecule has 17 heavy (non-hydrogen) atoms. The molecule has 0 atom stereocenters. The molecule has 0 fully saturated rings. The van der Waals surface area contributed by atoms with E-state index >= 15 is 0 Å². The molecule has 1 aliphatic heterocycles. The summed E-state index contributed by atoms with van der Waals surface area (Å²) in [5.41, 5.74) is 8.11. The highest BCUT2D eigenvalue weighted by Gasteiger charge is 2.19. The normalized spacial score (nSPS) is 13.7. The minimum atomic E-state index is 0.284. The van der Waals surface area contributed by atoms with Crippen molar-refractivity contribution >= 4 is 5.88 Å².